The maximum atomic E-state index is 14.0. The summed E-state index contributed by atoms with van der Waals surface area (Å²) in [6, 6.07) is 7.55. The van der Waals surface area contributed by atoms with E-state index >= 15 is 0 Å². The number of nitrogens with zero attached hydrogens (tertiary/aromatic N) is 3. The van der Waals surface area contributed by atoms with Gasteiger partial charge in [-0.05, 0) is 43.8 Å². The molecule has 0 aliphatic carbocycles. The van der Waals surface area contributed by atoms with Crippen molar-refractivity contribution in [1.82, 2.24) is 20.1 Å². The second kappa shape index (κ2) is 9.13. The first-order chi connectivity index (χ1) is 16.3. The Hall–Kier alpha value is -2.58. The molecule has 1 fully saturated rings. The SMILES string of the molecule is CN1CCN(S(=O)(=O)c2ccc(-c3c(Cl)cc(NC4(C)N=C(N)NN4)cc3C(F)(F)F)cc2)CC1. The summed E-state index contributed by atoms with van der Waals surface area (Å²) >= 11 is 6.33. The lowest BCUT2D eigenvalue weighted by Crippen LogP contribution is -2.49. The van der Waals surface area contributed by atoms with Gasteiger partial charge in [-0.3, -0.25) is 5.43 Å². The van der Waals surface area contributed by atoms with Crippen LogP contribution in [0.5, 0.6) is 0 Å². The summed E-state index contributed by atoms with van der Waals surface area (Å²) in [5.74, 6) is -1.11. The van der Waals surface area contributed by atoms with Crippen molar-refractivity contribution in [2.45, 2.75) is 23.8 Å². The number of likely N-dealkylation sites (N-methyl/N-ethyl adjacent to an activating group) is 1. The topological polar surface area (TPSA) is 115 Å². The lowest BCUT2D eigenvalue weighted by atomic mass is 9.98. The molecule has 5 N–H and O–H groups in total. The van der Waals surface area contributed by atoms with Gasteiger partial charge in [0, 0.05) is 37.4 Å². The largest absolute Gasteiger partial charge is 0.417 e. The highest BCUT2D eigenvalue weighted by Gasteiger charge is 2.37. The van der Waals surface area contributed by atoms with Gasteiger partial charge in [0.05, 0.1) is 15.5 Å². The Bertz CT molecular complexity index is 1250. The van der Waals surface area contributed by atoms with Gasteiger partial charge >= 0.3 is 6.18 Å². The molecule has 0 radical (unpaired) electrons. The van der Waals surface area contributed by atoms with Crippen molar-refractivity contribution >= 4 is 33.3 Å². The zero-order valence-electron chi connectivity index (χ0n) is 18.9. The van der Waals surface area contributed by atoms with Gasteiger partial charge in [0.25, 0.3) is 0 Å². The molecule has 0 bridgehead atoms. The minimum atomic E-state index is -4.73. The van der Waals surface area contributed by atoms with Gasteiger partial charge < -0.3 is 16.0 Å². The maximum absolute atomic E-state index is 14.0. The van der Waals surface area contributed by atoms with Gasteiger partial charge in [0.2, 0.25) is 21.8 Å². The van der Waals surface area contributed by atoms with Crippen LogP contribution in [0.15, 0.2) is 46.3 Å². The highest BCUT2D eigenvalue weighted by atomic mass is 35.5. The average Bonchev–Trinajstić information content (AvgIpc) is 3.11. The predicted molar refractivity (Wildman–Crippen MR) is 128 cm³/mol. The summed E-state index contributed by atoms with van der Waals surface area (Å²) in [6.45, 7) is 3.47. The van der Waals surface area contributed by atoms with Crippen LogP contribution in [0.1, 0.15) is 12.5 Å². The first-order valence-corrected chi connectivity index (χ1v) is 12.5. The number of rotatable bonds is 5. The molecule has 2 aliphatic heterocycles. The zero-order valence-corrected chi connectivity index (χ0v) is 20.5. The third kappa shape index (κ3) is 5.33. The van der Waals surface area contributed by atoms with E-state index in [0.29, 0.717) is 26.2 Å². The number of nitrogens with one attached hydrogen (secondary N) is 3. The van der Waals surface area contributed by atoms with Crippen LogP contribution in [0, 0.1) is 0 Å². The van der Waals surface area contributed by atoms with E-state index in [0.717, 1.165) is 6.07 Å². The molecular weight excluding hydrogens is 507 g/mol. The first-order valence-electron chi connectivity index (χ1n) is 10.7. The number of benzene rings is 2. The van der Waals surface area contributed by atoms with E-state index in [9.17, 15) is 21.6 Å². The third-order valence-electron chi connectivity index (χ3n) is 5.80. The molecule has 1 saturated heterocycles. The summed E-state index contributed by atoms with van der Waals surface area (Å²) in [6.07, 6.45) is -4.73. The Morgan fingerprint density at radius 1 is 1.14 bits per heavy atom. The van der Waals surface area contributed by atoms with Crippen molar-refractivity contribution in [3.8, 4) is 11.1 Å². The Balaban J connectivity index is 1.67. The predicted octanol–water partition coefficient (Wildman–Crippen LogP) is 2.47. The molecule has 4 rings (SSSR count). The van der Waals surface area contributed by atoms with Crippen molar-refractivity contribution in [2.24, 2.45) is 10.7 Å². The minimum absolute atomic E-state index is 0.0111. The van der Waals surface area contributed by atoms with Crippen molar-refractivity contribution < 1.29 is 21.6 Å². The van der Waals surface area contributed by atoms with Crippen LogP contribution < -0.4 is 21.9 Å². The summed E-state index contributed by atoms with van der Waals surface area (Å²) in [5.41, 5.74) is 9.85. The van der Waals surface area contributed by atoms with Crippen molar-refractivity contribution in [3.63, 3.8) is 0 Å². The maximum Gasteiger partial charge on any atom is 0.417 e. The first kappa shape index (κ1) is 25.5. The molecule has 2 aromatic rings. The fourth-order valence-corrected chi connectivity index (χ4v) is 5.74. The number of hydrogen-bond acceptors (Lipinski definition) is 8. The monoisotopic (exact) mass is 531 g/mol. The van der Waals surface area contributed by atoms with Crippen molar-refractivity contribution in [3.05, 3.63) is 47.0 Å². The smallest absolute Gasteiger partial charge is 0.369 e. The lowest BCUT2D eigenvalue weighted by molar-refractivity contribution is -0.137. The van der Waals surface area contributed by atoms with Gasteiger partial charge in [-0.1, -0.05) is 23.7 Å². The van der Waals surface area contributed by atoms with Crippen LogP contribution in [0.2, 0.25) is 5.02 Å². The zero-order chi connectivity index (χ0) is 25.6. The standard InChI is InChI=1S/C21H25ClF3N7O2S/c1-20(28-19(26)29-30-20)27-14-11-16(21(23,24)25)18(17(22)12-14)13-3-5-15(6-4-13)35(33,34)32-9-7-31(2)8-10-32/h3-6,11-12,27,30H,7-10H2,1-2H3,(H3,26,28,29). The summed E-state index contributed by atoms with van der Waals surface area (Å²) in [7, 11) is -1.85. The van der Waals surface area contributed by atoms with Crippen LogP contribution >= 0.6 is 11.6 Å². The van der Waals surface area contributed by atoms with Gasteiger partial charge in [-0.2, -0.15) is 22.9 Å². The number of anilines is 1. The number of aliphatic imine (C=N–C) groups is 1. The number of guanidine groups is 1. The highest BCUT2D eigenvalue weighted by molar-refractivity contribution is 7.89. The number of hydrogen-bond donors (Lipinski definition) is 4. The number of alkyl halides is 3. The van der Waals surface area contributed by atoms with E-state index in [1.54, 1.807) is 6.92 Å². The summed E-state index contributed by atoms with van der Waals surface area (Å²) < 4.78 is 69.4. The van der Waals surface area contributed by atoms with E-state index in [1.807, 2.05) is 11.9 Å². The van der Waals surface area contributed by atoms with E-state index in [1.165, 1.54) is 34.6 Å². The molecular formula is C21H25ClF3N7O2S. The molecule has 0 spiro atoms. The number of sulfonamides is 1. The molecule has 0 saturated carbocycles. The Kier molecular flexibility index (Phi) is 6.66. The normalized spacial score (nSPS) is 22.1. The Labute approximate surface area is 206 Å². The van der Waals surface area contributed by atoms with E-state index in [2.05, 4.69) is 21.2 Å². The van der Waals surface area contributed by atoms with Crippen LogP contribution in [0.4, 0.5) is 18.9 Å². The second-order valence-corrected chi connectivity index (χ2v) is 10.9. The van der Waals surface area contributed by atoms with E-state index < -0.39 is 27.5 Å². The summed E-state index contributed by atoms with van der Waals surface area (Å²) in [4.78, 5) is 6.10. The van der Waals surface area contributed by atoms with Gasteiger partial charge in [0.1, 0.15) is 0 Å². The molecule has 190 valence electrons. The van der Waals surface area contributed by atoms with E-state index in [4.69, 9.17) is 17.3 Å². The number of hydrazine groups is 1. The van der Waals surface area contributed by atoms with Gasteiger partial charge in [-0.25, -0.2) is 13.4 Å². The quantitative estimate of drug-likeness (QED) is 0.468. The molecule has 2 aromatic carbocycles. The molecule has 0 aromatic heterocycles. The second-order valence-electron chi connectivity index (χ2n) is 8.55. The van der Waals surface area contributed by atoms with Gasteiger partial charge in [-0.15, -0.1) is 0 Å². The van der Waals surface area contributed by atoms with Gasteiger partial charge in [0.15, 0.2) is 0 Å². The Morgan fingerprint density at radius 2 is 1.77 bits per heavy atom. The molecule has 35 heavy (non-hydrogen) atoms. The highest BCUT2D eigenvalue weighted by Crippen LogP contribution is 2.43. The fraction of sp³-hybridized carbons (Fsp3) is 0.381. The Morgan fingerprint density at radius 3 is 2.31 bits per heavy atom. The molecule has 1 atom stereocenters. The van der Waals surface area contributed by atoms with Crippen LogP contribution in [0.25, 0.3) is 11.1 Å². The number of halogens is 4. The van der Waals surface area contributed by atoms with Crippen LogP contribution in [-0.2, 0) is 16.2 Å². The molecule has 9 nitrogen and oxygen atoms in total. The summed E-state index contributed by atoms with van der Waals surface area (Å²) in [5, 5.41) is 2.67. The molecule has 2 aliphatic rings. The van der Waals surface area contributed by atoms with Crippen molar-refractivity contribution in [2.75, 3.05) is 38.5 Å². The van der Waals surface area contributed by atoms with Crippen LogP contribution in [-0.4, -0.2) is 62.6 Å². The van der Waals surface area contributed by atoms with E-state index in [-0.39, 0.29) is 32.7 Å². The van der Waals surface area contributed by atoms with Crippen molar-refractivity contribution in [1.29, 1.82) is 0 Å². The molecule has 14 heteroatoms. The fourth-order valence-electron chi connectivity index (χ4n) is 3.99. The third-order valence-corrected chi connectivity index (χ3v) is 8.02. The molecule has 1 unspecified atom stereocenters. The number of nitrogens with two attached hydrogens (primary N) is 1. The molecule has 2 heterocycles. The average molecular weight is 532 g/mol. The minimum Gasteiger partial charge on any atom is -0.369 e. The lowest BCUT2D eigenvalue weighted by Gasteiger charge is -2.31. The number of piperazine rings is 1. The van der Waals surface area contributed by atoms with Crippen LogP contribution in [0.3, 0.4) is 0 Å². The molecule has 0 amide bonds.